The topological polar surface area (TPSA) is 66.6 Å². The van der Waals surface area contributed by atoms with Gasteiger partial charge in [-0.3, -0.25) is 4.79 Å². The number of nitrogens with zero attached hydrogens (tertiary/aromatic N) is 6. The smallest absolute Gasteiger partial charge is 0.257 e. The Morgan fingerprint density at radius 1 is 0.972 bits per heavy atom. The Labute approximate surface area is 207 Å². The van der Waals surface area contributed by atoms with Gasteiger partial charge in [0.2, 0.25) is 5.95 Å². The van der Waals surface area contributed by atoms with Crippen LogP contribution in [0, 0.1) is 12.7 Å². The summed E-state index contributed by atoms with van der Waals surface area (Å²) in [5.41, 5.74) is 3.77. The van der Waals surface area contributed by atoms with Gasteiger partial charge >= 0.3 is 0 Å². The van der Waals surface area contributed by atoms with E-state index in [2.05, 4.69) is 34.2 Å². The third-order valence-corrected chi connectivity index (χ3v) is 6.78. The number of aryl methyl sites for hydroxylation is 1. The van der Waals surface area contributed by atoms with E-state index in [-0.39, 0.29) is 17.5 Å². The number of aromatic nitrogens is 4. The Morgan fingerprint density at radius 2 is 1.78 bits per heavy atom. The van der Waals surface area contributed by atoms with E-state index in [9.17, 15) is 9.18 Å². The van der Waals surface area contributed by atoms with Gasteiger partial charge in [-0.2, -0.15) is 0 Å². The molecule has 0 unspecified atom stereocenters. The van der Waals surface area contributed by atoms with Gasteiger partial charge in [0.1, 0.15) is 5.82 Å². The van der Waals surface area contributed by atoms with Gasteiger partial charge in [0, 0.05) is 36.6 Å². The maximum Gasteiger partial charge on any atom is 0.257 e. The molecular formula is C28H25FN6O. The number of para-hydroxylation sites is 1. The average molecular weight is 481 g/mol. The molecule has 8 heteroatoms. The van der Waals surface area contributed by atoms with E-state index in [1.807, 2.05) is 47.7 Å². The number of fused-ring (bicyclic) bond motifs is 3. The number of amides is 1. The number of halogens is 1. The number of benzene rings is 3. The van der Waals surface area contributed by atoms with Crippen molar-refractivity contribution in [1.82, 2.24) is 24.5 Å². The van der Waals surface area contributed by atoms with Crippen LogP contribution in [-0.4, -0.2) is 56.1 Å². The van der Waals surface area contributed by atoms with Crippen LogP contribution < -0.4 is 4.90 Å². The number of piperazine rings is 1. The Kier molecular flexibility index (Phi) is 5.36. The molecule has 1 amide bonds. The Hall–Kier alpha value is -4.33. The van der Waals surface area contributed by atoms with E-state index in [0.717, 1.165) is 39.4 Å². The molecule has 2 aromatic heterocycles. The maximum atomic E-state index is 14.3. The normalized spacial score (nSPS) is 16.1. The number of carbonyl (C=O) groups excluding carboxylic acids is 1. The molecule has 0 radical (unpaired) electrons. The first-order chi connectivity index (χ1) is 17.5. The summed E-state index contributed by atoms with van der Waals surface area (Å²) in [5, 5.41) is 10.0. The van der Waals surface area contributed by atoms with Crippen molar-refractivity contribution in [3.63, 3.8) is 0 Å². The lowest BCUT2D eigenvalue weighted by molar-refractivity contribution is 0.0668. The molecule has 1 aliphatic rings. The van der Waals surface area contributed by atoms with Crippen LogP contribution in [0.4, 0.5) is 10.3 Å². The highest BCUT2D eigenvalue weighted by atomic mass is 19.1. The molecule has 180 valence electrons. The SMILES string of the molecule is Cc1cccc(-c2nnc3c4ccccc4nc(N4CCN(C(=O)c5ccccc5F)[C@@H](C)C4)n23)c1. The van der Waals surface area contributed by atoms with Gasteiger partial charge in [-0.1, -0.05) is 48.0 Å². The van der Waals surface area contributed by atoms with E-state index < -0.39 is 5.82 Å². The second kappa shape index (κ2) is 8.71. The monoisotopic (exact) mass is 480 g/mol. The van der Waals surface area contributed by atoms with Gasteiger partial charge < -0.3 is 9.80 Å². The van der Waals surface area contributed by atoms with E-state index in [4.69, 9.17) is 4.98 Å². The Bertz CT molecular complexity index is 1610. The third-order valence-electron chi connectivity index (χ3n) is 6.78. The van der Waals surface area contributed by atoms with Gasteiger partial charge in [0.15, 0.2) is 11.5 Å². The highest BCUT2D eigenvalue weighted by Crippen LogP contribution is 2.30. The molecule has 36 heavy (non-hydrogen) atoms. The third kappa shape index (κ3) is 3.66. The molecule has 0 N–H and O–H groups in total. The summed E-state index contributed by atoms with van der Waals surface area (Å²) < 4.78 is 16.3. The second-order valence-electron chi connectivity index (χ2n) is 9.25. The van der Waals surface area contributed by atoms with Crippen molar-refractivity contribution < 1.29 is 9.18 Å². The zero-order valence-electron chi connectivity index (χ0n) is 20.1. The van der Waals surface area contributed by atoms with E-state index in [1.165, 1.54) is 12.1 Å². The van der Waals surface area contributed by atoms with Crippen molar-refractivity contribution in [2.75, 3.05) is 24.5 Å². The molecular weight excluding hydrogens is 455 g/mol. The van der Waals surface area contributed by atoms with Crippen molar-refractivity contribution in [2.45, 2.75) is 19.9 Å². The number of rotatable bonds is 3. The quantitative estimate of drug-likeness (QED) is 0.373. The van der Waals surface area contributed by atoms with Gasteiger partial charge in [0.05, 0.1) is 11.1 Å². The zero-order chi connectivity index (χ0) is 24.8. The van der Waals surface area contributed by atoms with Crippen LogP contribution in [0.2, 0.25) is 0 Å². The van der Waals surface area contributed by atoms with Crippen LogP contribution in [0.1, 0.15) is 22.8 Å². The molecule has 6 rings (SSSR count). The molecule has 3 heterocycles. The first kappa shape index (κ1) is 22.2. The summed E-state index contributed by atoms with van der Waals surface area (Å²) in [6.45, 7) is 5.58. The summed E-state index contributed by atoms with van der Waals surface area (Å²) in [4.78, 5) is 22.0. The summed E-state index contributed by atoms with van der Waals surface area (Å²) in [6.07, 6.45) is 0. The lowest BCUT2D eigenvalue weighted by Crippen LogP contribution is -2.54. The van der Waals surface area contributed by atoms with Gasteiger partial charge in [-0.15, -0.1) is 10.2 Å². The average Bonchev–Trinajstić information content (AvgIpc) is 3.34. The molecule has 1 saturated heterocycles. The van der Waals surface area contributed by atoms with Crippen molar-refractivity contribution in [3.05, 3.63) is 89.7 Å². The van der Waals surface area contributed by atoms with Crippen molar-refractivity contribution in [1.29, 1.82) is 0 Å². The number of hydrogen-bond acceptors (Lipinski definition) is 5. The Balaban J connectivity index is 1.42. The summed E-state index contributed by atoms with van der Waals surface area (Å²) in [5.74, 6) is 0.665. The lowest BCUT2D eigenvalue weighted by atomic mass is 10.1. The van der Waals surface area contributed by atoms with Crippen molar-refractivity contribution >= 4 is 28.4 Å². The minimum Gasteiger partial charge on any atom is -0.338 e. The molecule has 1 aliphatic heterocycles. The molecule has 0 spiro atoms. The van der Waals surface area contributed by atoms with Crippen LogP contribution >= 0.6 is 0 Å². The van der Waals surface area contributed by atoms with Crippen LogP contribution in [0.5, 0.6) is 0 Å². The molecule has 1 fully saturated rings. The van der Waals surface area contributed by atoms with Crippen LogP contribution in [0.15, 0.2) is 72.8 Å². The second-order valence-corrected chi connectivity index (χ2v) is 9.25. The van der Waals surface area contributed by atoms with Gasteiger partial charge in [-0.05, 0) is 44.2 Å². The predicted molar refractivity (Wildman–Crippen MR) is 138 cm³/mol. The van der Waals surface area contributed by atoms with Gasteiger partial charge in [-0.25, -0.2) is 13.8 Å². The fourth-order valence-corrected chi connectivity index (χ4v) is 4.98. The fourth-order valence-electron chi connectivity index (χ4n) is 4.98. The number of anilines is 1. The zero-order valence-corrected chi connectivity index (χ0v) is 20.1. The first-order valence-corrected chi connectivity index (χ1v) is 12.0. The first-order valence-electron chi connectivity index (χ1n) is 12.0. The number of hydrogen-bond donors (Lipinski definition) is 0. The predicted octanol–water partition coefficient (Wildman–Crippen LogP) is 4.74. The molecule has 7 nitrogen and oxygen atoms in total. The summed E-state index contributed by atoms with van der Waals surface area (Å²) in [6, 6.07) is 22.1. The Morgan fingerprint density at radius 3 is 2.58 bits per heavy atom. The fraction of sp³-hybridized carbons (Fsp3) is 0.214. The van der Waals surface area contributed by atoms with E-state index in [1.54, 1.807) is 17.0 Å². The standard InChI is InChI=1S/C28H25FN6O/c1-18-8-7-9-20(16-18)25-31-32-26-22-11-4-6-13-24(22)30-28(35(25)26)33-14-15-34(19(2)17-33)27(36)21-10-3-5-12-23(21)29/h3-13,16,19H,14-15,17H2,1-2H3/t19-/m0/s1. The van der Waals surface area contributed by atoms with E-state index >= 15 is 0 Å². The largest absolute Gasteiger partial charge is 0.338 e. The van der Waals surface area contributed by atoms with Crippen molar-refractivity contribution in [2.24, 2.45) is 0 Å². The minimum absolute atomic E-state index is 0.101. The summed E-state index contributed by atoms with van der Waals surface area (Å²) in [7, 11) is 0. The lowest BCUT2D eigenvalue weighted by Gasteiger charge is -2.40. The molecule has 5 aromatic rings. The van der Waals surface area contributed by atoms with Gasteiger partial charge in [0.25, 0.3) is 5.91 Å². The van der Waals surface area contributed by atoms with Crippen LogP contribution in [0.3, 0.4) is 0 Å². The maximum absolute atomic E-state index is 14.3. The number of carbonyl (C=O) groups is 1. The highest BCUT2D eigenvalue weighted by Gasteiger charge is 2.31. The van der Waals surface area contributed by atoms with Crippen LogP contribution in [0.25, 0.3) is 27.9 Å². The molecule has 0 saturated carbocycles. The molecule has 0 aliphatic carbocycles. The molecule has 3 aromatic carbocycles. The molecule has 1 atom stereocenters. The minimum atomic E-state index is -0.498. The highest BCUT2D eigenvalue weighted by molar-refractivity contribution is 5.95. The van der Waals surface area contributed by atoms with Crippen LogP contribution in [-0.2, 0) is 0 Å². The van der Waals surface area contributed by atoms with E-state index in [0.29, 0.717) is 19.6 Å². The van der Waals surface area contributed by atoms with Crippen molar-refractivity contribution in [3.8, 4) is 11.4 Å². The molecule has 0 bridgehead atoms. The summed E-state index contributed by atoms with van der Waals surface area (Å²) >= 11 is 0.